The minimum Gasteiger partial charge on any atom is -0.365 e. The normalized spacial score (nSPS) is 10.7. The van der Waals surface area contributed by atoms with Gasteiger partial charge in [0, 0.05) is 16.3 Å². The molecule has 0 saturated heterocycles. The molecule has 0 saturated carbocycles. The summed E-state index contributed by atoms with van der Waals surface area (Å²) >= 11 is 5.78. The summed E-state index contributed by atoms with van der Waals surface area (Å²) in [5.74, 6) is -1.10. The van der Waals surface area contributed by atoms with Crippen LogP contribution in [0.25, 0.3) is 6.08 Å². The molecule has 114 valence electrons. The Hall–Kier alpha value is -3.10. The third-order valence-corrected chi connectivity index (χ3v) is 3.20. The number of carbonyl (C=O) groups is 2. The smallest absolute Gasteiger partial charge is 0.259 e. The third-order valence-electron chi connectivity index (χ3n) is 2.95. The van der Waals surface area contributed by atoms with Crippen molar-refractivity contribution in [1.29, 1.82) is 5.26 Å². The van der Waals surface area contributed by atoms with Gasteiger partial charge in [0.05, 0.1) is 0 Å². The Labute approximate surface area is 138 Å². The Morgan fingerprint density at radius 2 is 1.87 bits per heavy atom. The predicted molar refractivity (Wildman–Crippen MR) is 88.6 cm³/mol. The third kappa shape index (κ3) is 4.43. The number of rotatable bonds is 4. The van der Waals surface area contributed by atoms with Crippen molar-refractivity contribution >= 4 is 35.2 Å². The maximum Gasteiger partial charge on any atom is 0.259 e. The number of nitrogens with zero attached hydrogens (tertiary/aromatic N) is 1. The van der Waals surface area contributed by atoms with Crippen LogP contribution in [0.1, 0.15) is 15.9 Å². The monoisotopic (exact) mass is 325 g/mol. The zero-order valence-electron chi connectivity index (χ0n) is 11.9. The molecule has 2 rings (SSSR count). The summed E-state index contributed by atoms with van der Waals surface area (Å²) in [6.07, 6.45) is 1.36. The number of nitrogens with two attached hydrogens (primary N) is 1. The molecule has 23 heavy (non-hydrogen) atoms. The van der Waals surface area contributed by atoms with Gasteiger partial charge >= 0.3 is 0 Å². The van der Waals surface area contributed by atoms with E-state index in [1.54, 1.807) is 54.6 Å². The van der Waals surface area contributed by atoms with E-state index in [2.05, 4.69) is 5.32 Å². The molecule has 0 aromatic heterocycles. The lowest BCUT2D eigenvalue weighted by Gasteiger charge is -2.06. The second kappa shape index (κ2) is 7.25. The van der Waals surface area contributed by atoms with Crippen LogP contribution in [0.2, 0.25) is 5.02 Å². The number of carbonyl (C=O) groups excluding carboxylic acids is 2. The number of primary amides is 1. The van der Waals surface area contributed by atoms with Gasteiger partial charge < -0.3 is 11.1 Å². The molecule has 2 aromatic rings. The highest BCUT2D eigenvalue weighted by Crippen LogP contribution is 2.16. The van der Waals surface area contributed by atoms with E-state index in [0.29, 0.717) is 21.8 Å². The molecule has 5 nitrogen and oxygen atoms in total. The fraction of sp³-hybridized carbons (Fsp3) is 0. The van der Waals surface area contributed by atoms with Crippen molar-refractivity contribution in [2.75, 3.05) is 5.32 Å². The van der Waals surface area contributed by atoms with Gasteiger partial charge in [0.1, 0.15) is 11.6 Å². The SMILES string of the molecule is N#C/C(=C\c1cccc(NC(=O)c2ccc(Cl)cc2)c1)C(N)=O. The van der Waals surface area contributed by atoms with Crippen molar-refractivity contribution < 1.29 is 9.59 Å². The van der Waals surface area contributed by atoms with E-state index >= 15 is 0 Å². The molecule has 0 aliphatic carbocycles. The topological polar surface area (TPSA) is 96.0 Å². The lowest BCUT2D eigenvalue weighted by Crippen LogP contribution is -2.13. The average Bonchev–Trinajstić information content (AvgIpc) is 2.53. The van der Waals surface area contributed by atoms with E-state index in [4.69, 9.17) is 22.6 Å². The van der Waals surface area contributed by atoms with Gasteiger partial charge in [-0.15, -0.1) is 0 Å². The van der Waals surface area contributed by atoms with Gasteiger partial charge in [0.2, 0.25) is 0 Å². The fourth-order valence-electron chi connectivity index (χ4n) is 1.84. The standard InChI is InChI=1S/C17H12ClN3O2/c18-14-6-4-12(5-7-14)17(23)21-15-3-1-2-11(9-15)8-13(10-19)16(20)22/h1-9H,(H2,20,22)(H,21,23)/b13-8+. The number of halogens is 1. The minimum atomic E-state index is -0.803. The zero-order chi connectivity index (χ0) is 16.8. The Morgan fingerprint density at radius 1 is 1.17 bits per heavy atom. The number of hydrogen-bond donors (Lipinski definition) is 2. The molecule has 0 fully saturated rings. The highest BCUT2D eigenvalue weighted by atomic mass is 35.5. The summed E-state index contributed by atoms with van der Waals surface area (Å²) < 4.78 is 0. The first-order valence-electron chi connectivity index (χ1n) is 6.58. The van der Waals surface area contributed by atoms with Gasteiger partial charge in [0.15, 0.2) is 0 Å². The van der Waals surface area contributed by atoms with Crippen LogP contribution >= 0.6 is 11.6 Å². The average molecular weight is 326 g/mol. The molecule has 0 bridgehead atoms. The van der Waals surface area contributed by atoms with E-state index in [-0.39, 0.29) is 11.5 Å². The zero-order valence-corrected chi connectivity index (χ0v) is 12.7. The Balaban J connectivity index is 2.20. The van der Waals surface area contributed by atoms with Gasteiger partial charge in [0.25, 0.3) is 11.8 Å². The Bertz CT molecular complexity index is 820. The van der Waals surface area contributed by atoms with Crippen LogP contribution in [0, 0.1) is 11.3 Å². The van der Waals surface area contributed by atoms with E-state index in [0.717, 1.165) is 0 Å². The molecule has 0 atom stereocenters. The number of nitriles is 1. The molecule has 0 radical (unpaired) electrons. The maximum absolute atomic E-state index is 12.1. The molecule has 2 aromatic carbocycles. The van der Waals surface area contributed by atoms with Crippen molar-refractivity contribution in [2.24, 2.45) is 5.73 Å². The largest absolute Gasteiger partial charge is 0.365 e. The summed E-state index contributed by atoms with van der Waals surface area (Å²) in [5.41, 5.74) is 6.50. The maximum atomic E-state index is 12.1. The van der Waals surface area contributed by atoms with E-state index in [1.807, 2.05) is 0 Å². The van der Waals surface area contributed by atoms with Crippen LogP contribution in [-0.2, 0) is 4.79 Å². The summed E-state index contributed by atoms with van der Waals surface area (Å²) in [6, 6.07) is 14.9. The van der Waals surface area contributed by atoms with Gasteiger partial charge in [-0.1, -0.05) is 23.7 Å². The Morgan fingerprint density at radius 3 is 2.48 bits per heavy atom. The molecule has 0 heterocycles. The summed E-state index contributed by atoms with van der Waals surface area (Å²) in [4.78, 5) is 23.2. The number of amides is 2. The summed E-state index contributed by atoms with van der Waals surface area (Å²) in [5, 5.41) is 12.1. The van der Waals surface area contributed by atoms with E-state index < -0.39 is 5.91 Å². The molecular formula is C17H12ClN3O2. The van der Waals surface area contributed by atoms with Crippen molar-refractivity contribution in [3.63, 3.8) is 0 Å². The van der Waals surface area contributed by atoms with Crippen molar-refractivity contribution in [3.05, 3.63) is 70.3 Å². The second-order valence-electron chi connectivity index (χ2n) is 4.62. The van der Waals surface area contributed by atoms with Gasteiger partial charge in [-0.2, -0.15) is 5.26 Å². The molecule has 6 heteroatoms. The first-order chi connectivity index (χ1) is 11.0. The lowest BCUT2D eigenvalue weighted by molar-refractivity contribution is -0.114. The molecule has 0 aliphatic rings. The van der Waals surface area contributed by atoms with Gasteiger partial charge in [-0.25, -0.2) is 0 Å². The number of hydrogen-bond acceptors (Lipinski definition) is 3. The van der Waals surface area contributed by atoms with Crippen LogP contribution in [0.3, 0.4) is 0 Å². The first-order valence-corrected chi connectivity index (χ1v) is 6.96. The van der Waals surface area contributed by atoms with Gasteiger partial charge in [-0.05, 0) is 48.0 Å². The first kappa shape index (κ1) is 16.3. The van der Waals surface area contributed by atoms with Crippen LogP contribution in [0.5, 0.6) is 0 Å². The van der Waals surface area contributed by atoms with Crippen LogP contribution in [0.15, 0.2) is 54.1 Å². The molecule has 2 amide bonds. The van der Waals surface area contributed by atoms with E-state index in [1.165, 1.54) is 6.08 Å². The molecule has 0 aliphatic heterocycles. The minimum absolute atomic E-state index is 0.161. The van der Waals surface area contributed by atoms with Crippen molar-refractivity contribution in [3.8, 4) is 6.07 Å². The quantitative estimate of drug-likeness (QED) is 0.668. The van der Waals surface area contributed by atoms with Crippen LogP contribution in [-0.4, -0.2) is 11.8 Å². The highest BCUT2D eigenvalue weighted by Gasteiger charge is 2.07. The molecule has 0 spiro atoms. The number of nitrogens with one attached hydrogen (secondary N) is 1. The number of benzene rings is 2. The molecule has 0 unspecified atom stereocenters. The van der Waals surface area contributed by atoms with E-state index in [9.17, 15) is 9.59 Å². The summed E-state index contributed by atoms with van der Waals surface area (Å²) in [6.45, 7) is 0. The second-order valence-corrected chi connectivity index (χ2v) is 5.06. The summed E-state index contributed by atoms with van der Waals surface area (Å²) in [7, 11) is 0. The van der Waals surface area contributed by atoms with Crippen molar-refractivity contribution in [2.45, 2.75) is 0 Å². The molecule has 3 N–H and O–H groups in total. The van der Waals surface area contributed by atoms with Crippen LogP contribution < -0.4 is 11.1 Å². The Kier molecular flexibility index (Phi) is 5.13. The fourth-order valence-corrected chi connectivity index (χ4v) is 1.96. The molecular weight excluding hydrogens is 314 g/mol. The predicted octanol–water partition coefficient (Wildman–Crippen LogP) is 2.98. The van der Waals surface area contributed by atoms with Crippen LogP contribution in [0.4, 0.5) is 5.69 Å². The lowest BCUT2D eigenvalue weighted by atomic mass is 10.1. The highest BCUT2D eigenvalue weighted by molar-refractivity contribution is 6.30. The number of anilines is 1. The van der Waals surface area contributed by atoms with Gasteiger partial charge in [-0.3, -0.25) is 9.59 Å². The van der Waals surface area contributed by atoms with Crippen molar-refractivity contribution in [1.82, 2.24) is 0 Å².